The fourth-order valence-electron chi connectivity index (χ4n) is 1.13. The van der Waals surface area contributed by atoms with E-state index in [1.54, 1.807) is 0 Å². The number of hydrogen-bond donors (Lipinski definition) is 0. The molecule has 4 heteroatoms. The van der Waals surface area contributed by atoms with Crippen molar-refractivity contribution in [3.63, 3.8) is 0 Å². The highest BCUT2D eigenvalue weighted by molar-refractivity contribution is 8.04. The van der Waals surface area contributed by atoms with Crippen LogP contribution in [0.15, 0.2) is 32.6 Å². The minimum Gasteiger partial charge on any atom is -0.0717 e. The first-order valence-electron chi connectivity index (χ1n) is 4.47. The van der Waals surface area contributed by atoms with Gasteiger partial charge >= 0.3 is 0 Å². The maximum absolute atomic E-state index is 5.69. The van der Waals surface area contributed by atoms with Crippen molar-refractivity contribution in [2.75, 3.05) is 0 Å². The molecular weight excluding hydrogens is 283 g/mol. The van der Waals surface area contributed by atoms with Crippen molar-refractivity contribution in [1.82, 2.24) is 0 Å². The largest absolute Gasteiger partial charge is 0.133 e. The molecule has 84 valence electrons. The monoisotopic (exact) mass is 290 g/mol. The molecule has 0 heterocycles. The molecule has 0 amide bonds. The van der Waals surface area contributed by atoms with Crippen molar-refractivity contribution in [2.24, 2.45) is 0 Å². The Bertz CT molecular complexity index is 457. The van der Waals surface area contributed by atoms with Crippen LogP contribution in [-0.4, -0.2) is 0 Å². The SMILES string of the molecule is Cc1cccc(C)c1SC#CC(Cl)=C(Cl)Cl. The van der Waals surface area contributed by atoms with E-state index in [0.717, 1.165) is 4.90 Å². The number of thioether (sulfide) groups is 1. The van der Waals surface area contributed by atoms with E-state index in [9.17, 15) is 0 Å². The third-order valence-corrected chi connectivity index (χ3v) is 3.80. The van der Waals surface area contributed by atoms with Gasteiger partial charge < -0.3 is 0 Å². The Hall–Kier alpha value is -0.260. The van der Waals surface area contributed by atoms with E-state index in [1.165, 1.54) is 22.9 Å². The summed E-state index contributed by atoms with van der Waals surface area (Å²) in [7, 11) is 0. The standard InChI is InChI=1S/C12H9Cl3S/c1-8-4-3-5-9(2)11(8)16-7-6-10(13)12(14)15/h3-5H,1-2H3. The lowest BCUT2D eigenvalue weighted by Crippen LogP contribution is -1.82. The average Bonchev–Trinajstić information content (AvgIpc) is 2.22. The molecule has 1 aromatic rings. The maximum atomic E-state index is 5.69. The molecule has 16 heavy (non-hydrogen) atoms. The van der Waals surface area contributed by atoms with Gasteiger partial charge in [-0.2, -0.15) is 0 Å². The van der Waals surface area contributed by atoms with Crippen molar-refractivity contribution in [1.29, 1.82) is 0 Å². The molecular formula is C12H9Cl3S. The van der Waals surface area contributed by atoms with Crippen LogP contribution in [-0.2, 0) is 0 Å². The van der Waals surface area contributed by atoms with Crippen molar-refractivity contribution in [3.8, 4) is 11.2 Å². The summed E-state index contributed by atoms with van der Waals surface area (Å²) in [4.78, 5) is 1.14. The number of aryl methyl sites for hydroxylation is 2. The van der Waals surface area contributed by atoms with Crippen molar-refractivity contribution < 1.29 is 0 Å². The number of hydrogen-bond acceptors (Lipinski definition) is 1. The van der Waals surface area contributed by atoms with Crippen molar-refractivity contribution >= 4 is 46.6 Å². The maximum Gasteiger partial charge on any atom is 0.133 e. The van der Waals surface area contributed by atoms with E-state index < -0.39 is 0 Å². The van der Waals surface area contributed by atoms with Crippen LogP contribution in [0.3, 0.4) is 0 Å². The van der Waals surface area contributed by atoms with Gasteiger partial charge in [-0.25, -0.2) is 0 Å². The van der Waals surface area contributed by atoms with E-state index >= 15 is 0 Å². The summed E-state index contributed by atoms with van der Waals surface area (Å²) in [5.74, 6) is 2.68. The lowest BCUT2D eigenvalue weighted by molar-refractivity contribution is 1.22. The molecule has 1 rings (SSSR count). The molecule has 0 atom stereocenters. The van der Waals surface area contributed by atoms with E-state index in [1.807, 2.05) is 32.0 Å². The predicted molar refractivity (Wildman–Crippen MR) is 74.1 cm³/mol. The number of allylic oxidation sites excluding steroid dienone is 1. The highest BCUT2D eigenvalue weighted by Gasteiger charge is 2.00. The highest BCUT2D eigenvalue weighted by atomic mass is 35.5. The molecule has 0 aromatic heterocycles. The summed E-state index contributed by atoms with van der Waals surface area (Å²) in [6.45, 7) is 4.09. The Morgan fingerprint density at radius 3 is 2.19 bits per heavy atom. The molecule has 0 bridgehead atoms. The lowest BCUT2D eigenvalue weighted by atomic mass is 10.2. The molecule has 0 fully saturated rings. The van der Waals surface area contributed by atoms with Crippen LogP contribution in [0.25, 0.3) is 0 Å². The van der Waals surface area contributed by atoms with Gasteiger partial charge in [0.15, 0.2) is 0 Å². The van der Waals surface area contributed by atoms with Crippen LogP contribution in [0.2, 0.25) is 0 Å². The fraction of sp³-hybridized carbons (Fsp3) is 0.167. The number of benzene rings is 1. The van der Waals surface area contributed by atoms with Gasteiger partial charge in [-0.15, -0.1) is 0 Å². The minimum atomic E-state index is -0.00345. The van der Waals surface area contributed by atoms with E-state index in [4.69, 9.17) is 34.8 Å². The molecule has 0 N–H and O–H groups in total. The lowest BCUT2D eigenvalue weighted by Gasteiger charge is -2.03. The zero-order valence-electron chi connectivity index (χ0n) is 8.77. The van der Waals surface area contributed by atoms with Crippen LogP contribution in [0.4, 0.5) is 0 Å². The average molecular weight is 292 g/mol. The molecule has 0 nitrogen and oxygen atoms in total. The molecule has 0 aliphatic heterocycles. The summed E-state index contributed by atoms with van der Waals surface area (Å²) in [5, 5.41) is 3.04. The molecule has 0 spiro atoms. The van der Waals surface area contributed by atoms with Crippen LogP contribution in [0.1, 0.15) is 11.1 Å². The van der Waals surface area contributed by atoms with Gasteiger partial charge in [0.25, 0.3) is 0 Å². The van der Waals surface area contributed by atoms with Gasteiger partial charge in [-0.3, -0.25) is 0 Å². The Balaban J connectivity index is 2.87. The predicted octanol–water partition coefficient (Wildman–Crippen LogP) is 5.24. The molecule has 1 aromatic carbocycles. The van der Waals surface area contributed by atoms with Crippen LogP contribution < -0.4 is 0 Å². The van der Waals surface area contributed by atoms with Crippen molar-refractivity contribution in [2.45, 2.75) is 18.7 Å². The van der Waals surface area contributed by atoms with Crippen LogP contribution in [0.5, 0.6) is 0 Å². The molecule has 0 aliphatic rings. The first-order chi connectivity index (χ1) is 7.52. The zero-order chi connectivity index (χ0) is 12.1. The first kappa shape index (κ1) is 13.8. The summed E-state index contributed by atoms with van der Waals surface area (Å²) >= 11 is 18.1. The molecule has 0 radical (unpaired) electrons. The second kappa shape index (κ2) is 6.47. The number of rotatable bonds is 1. The van der Waals surface area contributed by atoms with Gasteiger partial charge in [-0.05, 0) is 47.9 Å². The van der Waals surface area contributed by atoms with Gasteiger partial charge in [0, 0.05) is 4.90 Å². The Kier molecular flexibility index (Phi) is 5.58. The fourth-order valence-corrected chi connectivity index (χ4v) is 2.04. The van der Waals surface area contributed by atoms with Gasteiger partial charge in [-0.1, -0.05) is 53.0 Å². The Morgan fingerprint density at radius 1 is 1.12 bits per heavy atom. The highest BCUT2D eigenvalue weighted by Crippen LogP contribution is 2.25. The normalized spacial score (nSPS) is 9.31. The van der Waals surface area contributed by atoms with Crippen molar-refractivity contribution in [3.05, 3.63) is 38.8 Å². The molecule has 0 saturated carbocycles. The van der Waals surface area contributed by atoms with Gasteiger partial charge in [0.05, 0.1) is 0 Å². The second-order valence-electron chi connectivity index (χ2n) is 3.12. The second-order valence-corrected chi connectivity index (χ2v) is 5.27. The molecule has 0 aliphatic carbocycles. The van der Waals surface area contributed by atoms with Crippen LogP contribution in [0, 0.1) is 25.0 Å². The van der Waals surface area contributed by atoms with Crippen LogP contribution >= 0.6 is 46.6 Å². The third kappa shape index (κ3) is 3.96. The Labute approximate surface area is 115 Å². The Morgan fingerprint density at radius 2 is 1.69 bits per heavy atom. The minimum absolute atomic E-state index is 0.00345. The topological polar surface area (TPSA) is 0 Å². The first-order valence-corrected chi connectivity index (χ1v) is 6.42. The smallest absolute Gasteiger partial charge is 0.0717 e. The zero-order valence-corrected chi connectivity index (χ0v) is 11.9. The van der Waals surface area contributed by atoms with Gasteiger partial charge in [0.1, 0.15) is 9.52 Å². The summed E-state index contributed by atoms with van der Waals surface area (Å²) < 4.78 is -0.00345. The summed E-state index contributed by atoms with van der Waals surface area (Å²) in [5.41, 5.74) is 2.38. The van der Waals surface area contributed by atoms with E-state index in [-0.39, 0.29) is 9.52 Å². The molecule has 0 saturated heterocycles. The van der Waals surface area contributed by atoms with E-state index in [2.05, 4.69) is 11.2 Å². The van der Waals surface area contributed by atoms with E-state index in [0.29, 0.717) is 0 Å². The molecule has 0 unspecified atom stereocenters. The summed E-state index contributed by atoms with van der Waals surface area (Å²) in [6.07, 6.45) is 0. The third-order valence-electron chi connectivity index (χ3n) is 1.89. The quantitative estimate of drug-likeness (QED) is 0.503. The number of halogens is 3. The summed E-state index contributed by atoms with van der Waals surface area (Å²) in [6, 6.07) is 6.11. The van der Waals surface area contributed by atoms with Gasteiger partial charge in [0.2, 0.25) is 0 Å².